The van der Waals surface area contributed by atoms with E-state index in [1.165, 1.54) is 12.3 Å². The smallest absolute Gasteiger partial charge is 0.257 e. The molecule has 0 unspecified atom stereocenters. The first kappa shape index (κ1) is 19.9. The van der Waals surface area contributed by atoms with E-state index in [1.807, 2.05) is 6.08 Å². The first-order valence-electron chi connectivity index (χ1n) is 10.4. The number of amides is 1. The highest BCUT2D eigenvalue weighted by molar-refractivity contribution is 5.88. The van der Waals surface area contributed by atoms with Gasteiger partial charge in [0, 0.05) is 43.9 Å². The van der Waals surface area contributed by atoms with E-state index < -0.39 is 29.5 Å². The maximum Gasteiger partial charge on any atom is 0.257 e. The lowest BCUT2D eigenvalue weighted by molar-refractivity contribution is -0.142. The Labute approximate surface area is 178 Å². The average molecular weight is 427 g/mol. The lowest BCUT2D eigenvalue weighted by Crippen LogP contribution is -2.51. The number of halogens is 2. The molecule has 1 spiro atoms. The van der Waals surface area contributed by atoms with E-state index in [1.54, 1.807) is 17.2 Å². The van der Waals surface area contributed by atoms with Crippen molar-refractivity contribution in [3.8, 4) is 0 Å². The van der Waals surface area contributed by atoms with Crippen molar-refractivity contribution in [2.75, 3.05) is 13.1 Å². The number of likely N-dealkylation sites (tertiary alicyclic amines) is 1. The molecule has 0 radical (unpaired) electrons. The van der Waals surface area contributed by atoms with Gasteiger partial charge >= 0.3 is 0 Å². The van der Waals surface area contributed by atoms with Gasteiger partial charge in [-0.3, -0.25) is 4.79 Å². The average Bonchev–Trinajstić information content (AvgIpc) is 3.29. The molecule has 3 saturated heterocycles. The first-order valence-corrected chi connectivity index (χ1v) is 10.4. The molecule has 1 amide bonds. The van der Waals surface area contributed by atoms with Crippen LogP contribution in [0.1, 0.15) is 37.3 Å². The van der Waals surface area contributed by atoms with E-state index in [2.05, 4.69) is 15.2 Å². The van der Waals surface area contributed by atoms with Crippen molar-refractivity contribution in [3.05, 3.63) is 59.2 Å². The Hall–Kier alpha value is -3.07. The molecule has 4 aliphatic rings. The van der Waals surface area contributed by atoms with E-state index in [9.17, 15) is 13.6 Å². The van der Waals surface area contributed by atoms with Gasteiger partial charge in [0.25, 0.3) is 5.91 Å². The van der Waals surface area contributed by atoms with Crippen molar-refractivity contribution in [2.24, 2.45) is 4.99 Å². The highest BCUT2D eigenvalue weighted by Gasteiger charge is 2.58. The van der Waals surface area contributed by atoms with Crippen LogP contribution in [0.25, 0.3) is 0 Å². The Bertz CT molecular complexity index is 1010. The molecule has 1 aromatic rings. The molecule has 7 nitrogen and oxygen atoms in total. The van der Waals surface area contributed by atoms with Gasteiger partial charge in [-0.15, -0.1) is 0 Å². The third-order valence-corrected chi connectivity index (χ3v) is 6.49. The van der Waals surface area contributed by atoms with E-state index in [4.69, 9.17) is 10.1 Å². The molecular formula is C22H23F2N5O2. The van der Waals surface area contributed by atoms with Crippen LogP contribution in [0.3, 0.4) is 0 Å². The normalized spacial score (nSPS) is 28.1. The second-order valence-corrected chi connectivity index (χ2v) is 8.20. The molecule has 0 bridgehead atoms. The van der Waals surface area contributed by atoms with Gasteiger partial charge in [0.1, 0.15) is 29.5 Å². The van der Waals surface area contributed by atoms with Crippen molar-refractivity contribution in [1.82, 2.24) is 15.1 Å². The Morgan fingerprint density at radius 1 is 1.26 bits per heavy atom. The maximum atomic E-state index is 14.4. The van der Waals surface area contributed by atoms with Crippen LogP contribution in [-0.4, -0.2) is 53.1 Å². The van der Waals surface area contributed by atoms with Crippen molar-refractivity contribution < 1.29 is 18.3 Å². The molecular weight excluding hydrogens is 404 g/mol. The second kappa shape index (κ2) is 7.56. The largest absolute Gasteiger partial charge is 0.358 e. The molecule has 162 valence electrons. The van der Waals surface area contributed by atoms with Gasteiger partial charge in [-0.25, -0.2) is 13.8 Å². The number of nitrogens with one attached hydrogen (secondary N) is 2. The number of hydrogen-bond acceptors (Lipinski definition) is 6. The fourth-order valence-corrected chi connectivity index (χ4v) is 4.97. The lowest BCUT2D eigenvalue weighted by Gasteiger charge is -2.40. The van der Waals surface area contributed by atoms with Gasteiger partial charge < -0.3 is 25.3 Å². The first-order chi connectivity index (χ1) is 15.0. The standard InChI is InChI=1S/C22H23F2N5O2/c23-14-1-2-16(24)15(13-14)17-3-4-20-29(17)21(30)22(31-20)7-11-28(12-8-22)19-6-10-26-18(27-19)5-9-25/h1-2,5-6,9-10,13,17,20,25,27H,3-4,7-8,11-12H2/b18-5-,25-9?/t17-,20+/m0/s1. The van der Waals surface area contributed by atoms with Gasteiger partial charge in [0.15, 0.2) is 5.60 Å². The molecule has 4 aliphatic heterocycles. The van der Waals surface area contributed by atoms with E-state index in [-0.39, 0.29) is 11.5 Å². The molecule has 5 rings (SSSR count). The highest BCUT2D eigenvalue weighted by atomic mass is 19.1. The molecule has 9 heteroatoms. The van der Waals surface area contributed by atoms with Crippen LogP contribution < -0.4 is 5.32 Å². The van der Waals surface area contributed by atoms with E-state index in [0.29, 0.717) is 44.6 Å². The number of aliphatic imine (C=N–C) groups is 1. The molecule has 2 N–H and O–H groups in total. The molecule has 0 saturated carbocycles. The number of rotatable bonds is 3. The Kier molecular flexibility index (Phi) is 4.85. The van der Waals surface area contributed by atoms with Gasteiger partial charge in [-0.05, 0) is 43.2 Å². The van der Waals surface area contributed by atoms with E-state index >= 15 is 0 Å². The minimum absolute atomic E-state index is 0.125. The monoisotopic (exact) mass is 427 g/mol. The number of ether oxygens (including phenoxy) is 1. The Balaban J connectivity index is 1.31. The number of fused-ring (bicyclic) bond motifs is 1. The number of carbonyl (C=O) groups is 1. The zero-order valence-corrected chi connectivity index (χ0v) is 16.9. The van der Waals surface area contributed by atoms with Gasteiger partial charge in [-0.1, -0.05) is 0 Å². The van der Waals surface area contributed by atoms with Crippen LogP contribution in [0.5, 0.6) is 0 Å². The summed E-state index contributed by atoms with van der Waals surface area (Å²) in [7, 11) is 0. The number of carbonyl (C=O) groups excluding carboxylic acids is 1. The predicted molar refractivity (Wildman–Crippen MR) is 110 cm³/mol. The highest BCUT2D eigenvalue weighted by Crippen LogP contribution is 2.48. The summed E-state index contributed by atoms with van der Waals surface area (Å²) in [5.74, 6) is 0.315. The topological polar surface area (TPSA) is 81.0 Å². The number of nitrogens with zero attached hydrogens (tertiary/aromatic N) is 3. The second-order valence-electron chi connectivity index (χ2n) is 8.20. The maximum absolute atomic E-state index is 14.4. The summed E-state index contributed by atoms with van der Waals surface area (Å²) >= 11 is 0. The fourth-order valence-electron chi connectivity index (χ4n) is 4.97. The summed E-state index contributed by atoms with van der Waals surface area (Å²) in [6, 6.07) is 2.89. The minimum Gasteiger partial charge on any atom is -0.358 e. The summed E-state index contributed by atoms with van der Waals surface area (Å²) in [5.41, 5.74) is -0.698. The Morgan fingerprint density at radius 2 is 2.06 bits per heavy atom. The summed E-state index contributed by atoms with van der Waals surface area (Å²) in [5, 5.41) is 10.4. The minimum atomic E-state index is -0.916. The van der Waals surface area contributed by atoms with Crippen molar-refractivity contribution >= 4 is 18.3 Å². The van der Waals surface area contributed by atoms with Crippen molar-refractivity contribution in [3.63, 3.8) is 0 Å². The number of piperidine rings is 1. The van der Waals surface area contributed by atoms with Crippen molar-refractivity contribution in [2.45, 2.75) is 43.6 Å². The summed E-state index contributed by atoms with van der Waals surface area (Å²) < 4.78 is 34.4. The van der Waals surface area contributed by atoms with Crippen LogP contribution in [-0.2, 0) is 9.53 Å². The summed E-state index contributed by atoms with van der Waals surface area (Å²) in [4.78, 5) is 21.4. The molecule has 0 aromatic heterocycles. The quantitative estimate of drug-likeness (QED) is 0.727. The van der Waals surface area contributed by atoms with Crippen molar-refractivity contribution in [1.29, 1.82) is 5.41 Å². The summed E-state index contributed by atoms with van der Waals surface area (Å²) in [6.07, 6.45) is 8.06. The van der Waals surface area contributed by atoms with Crippen LogP contribution in [0, 0.1) is 17.0 Å². The fraction of sp³-hybridized carbons (Fsp3) is 0.409. The van der Waals surface area contributed by atoms with Crippen LogP contribution in [0.15, 0.2) is 47.0 Å². The number of hydrogen-bond donors (Lipinski definition) is 2. The molecule has 3 fully saturated rings. The molecule has 4 heterocycles. The third-order valence-electron chi connectivity index (χ3n) is 6.49. The lowest BCUT2D eigenvalue weighted by atomic mass is 9.89. The van der Waals surface area contributed by atoms with Crippen LogP contribution in [0.2, 0.25) is 0 Å². The van der Waals surface area contributed by atoms with Gasteiger partial charge in [-0.2, -0.15) is 0 Å². The number of benzene rings is 1. The Morgan fingerprint density at radius 3 is 2.84 bits per heavy atom. The van der Waals surface area contributed by atoms with Crippen LogP contribution >= 0.6 is 0 Å². The van der Waals surface area contributed by atoms with E-state index in [0.717, 1.165) is 18.0 Å². The molecule has 31 heavy (non-hydrogen) atoms. The molecule has 0 aliphatic carbocycles. The molecule has 1 aromatic carbocycles. The number of allylic oxidation sites excluding steroid dienone is 2. The molecule has 2 atom stereocenters. The van der Waals surface area contributed by atoms with Gasteiger partial charge in [0.2, 0.25) is 0 Å². The van der Waals surface area contributed by atoms with Gasteiger partial charge in [0.05, 0.1) is 6.04 Å². The SMILES string of the molecule is N=C/C=C1/N=CC=C(N2CCC3(CC2)O[C@@H]2CC[C@@H](c4cc(F)ccc4F)N2C3=O)N1. The summed E-state index contributed by atoms with van der Waals surface area (Å²) in [6.45, 7) is 1.21. The zero-order chi connectivity index (χ0) is 21.6. The van der Waals surface area contributed by atoms with Crippen LogP contribution in [0.4, 0.5) is 8.78 Å². The zero-order valence-electron chi connectivity index (χ0n) is 16.9. The predicted octanol–water partition coefficient (Wildman–Crippen LogP) is 2.83. The third kappa shape index (κ3) is 3.33.